The maximum absolute atomic E-state index is 5.67. The summed E-state index contributed by atoms with van der Waals surface area (Å²) in [4.78, 5) is 8.73. The highest BCUT2D eigenvalue weighted by Gasteiger charge is 2.18. The minimum absolute atomic E-state index is 0.443. The smallest absolute Gasteiger partial charge is 0.105 e. The zero-order valence-electron chi connectivity index (χ0n) is 10.4. The highest BCUT2D eigenvalue weighted by atomic mass is 127. The Balaban J connectivity index is 2.75. The Morgan fingerprint density at radius 2 is 1.94 bits per heavy atom. The topological polar surface area (TPSA) is 76.8 Å². The summed E-state index contributed by atoms with van der Waals surface area (Å²) < 4.78 is 1.72. The molecule has 0 aromatic heterocycles. The van der Waals surface area contributed by atoms with Crippen LogP contribution in [0.3, 0.4) is 0 Å². The van der Waals surface area contributed by atoms with Crippen LogP contribution in [0.25, 0.3) is 0 Å². The summed E-state index contributed by atoms with van der Waals surface area (Å²) in [6, 6.07) is 0.443. The zero-order valence-corrected chi connectivity index (χ0v) is 14.1. The first-order chi connectivity index (χ1) is 8.62. The lowest BCUT2D eigenvalue weighted by atomic mass is 9.94. The van der Waals surface area contributed by atoms with Crippen molar-refractivity contribution in [3.63, 3.8) is 0 Å². The highest BCUT2D eigenvalue weighted by molar-refractivity contribution is 14.1. The number of allylic oxidation sites excluding steroid dienone is 2. The van der Waals surface area contributed by atoms with Gasteiger partial charge in [-0.25, -0.2) is 0 Å². The average Bonchev–Trinajstić information content (AvgIpc) is 2.34. The Kier molecular flexibility index (Phi) is 6.91. The summed E-state index contributed by atoms with van der Waals surface area (Å²) in [7, 11) is 1.74. The van der Waals surface area contributed by atoms with Crippen LogP contribution in [-0.2, 0) is 0 Å². The molecule has 0 aliphatic heterocycles. The quantitative estimate of drug-likeness (QED) is 0.525. The van der Waals surface area contributed by atoms with Crippen LogP contribution in [0, 0.1) is 0 Å². The predicted molar refractivity (Wildman–Crippen MR) is 90.5 cm³/mol. The molecule has 0 amide bonds. The first-order valence-electron chi connectivity index (χ1n) is 5.80. The van der Waals surface area contributed by atoms with E-state index >= 15 is 0 Å². The van der Waals surface area contributed by atoms with Gasteiger partial charge in [0.2, 0.25) is 0 Å². The molecule has 1 aliphatic rings. The predicted octanol–water partition coefficient (Wildman–Crippen LogP) is 2.87. The van der Waals surface area contributed by atoms with Gasteiger partial charge >= 0.3 is 0 Å². The van der Waals surface area contributed by atoms with Gasteiger partial charge < -0.3 is 11.5 Å². The molecule has 1 aliphatic carbocycles. The van der Waals surface area contributed by atoms with Gasteiger partial charge in [0.15, 0.2) is 0 Å². The van der Waals surface area contributed by atoms with Crippen LogP contribution >= 0.6 is 38.5 Å². The molecule has 0 unspecified atom stereocenters. The van der Waals surface area contributed by atoms with E-state index in [1.165, 1.54) is 19.3 Å². The molecular formula is C12H18BrIN4. The minimum atomic E-state index is 0.443. The van der Waals surface area contributed by atoms with Crippen LogP contribution in [-0.4, -0.2) is 21.4 Å². The molecule has 6 heteroatoms. The molecule has 0 radical (unpaired) electrons. The molecule has 1 fully saturated rings. The van der Waals surface area contributed by atoms with Crippen LogP contribution in [0.1, 0.15) is 25.7 Å². The number of nitrogens with zero attached hydrogens (tertiary/aromatic N) is 2. The van der Waals surface area contributed by atoms with E-state index < -0.39 is 0 Å². The van der Waals surface area contributed by atoms with Gasteiger partial charge in [-0.2, -0.15) is 0 Å². The van der Waals surface area contributed by atoms with Gasteiger partial charge in [-0.1, -0.05) is 0 Å². The Labute approximate surface area is 130 Å². The lowest BCUT2D eigenvalue weighted by Gasteiger charge is -2.21. The maximum Gasteiger partial charge on any atom is 0.105 e. The molecular weight excluding hydrogens is 407 g/mol. The Morgan fingerprint density at radius 3 is 2.33 bits per heavy atom. The zero-order chi connectivity index (χ0) is 13.5. The number of hydrogen-bond donors (Lipinski definition) is 2. The van der Waals surface area contributed by atoms with Gasteiger partial charge in [0.1, 0.15) is 4.62 Å². The number of halogens is 2. The fraction of sp³-hybridized carbons (Fsp3) is 0.500. The van der Waals surface area contributed by atoms with Crippen LogP contribution in [0.5, 0.6) is 0 Å². The van der Waals surface area contributed by atoms with Crippen LogP contribution < -0.4 is 11.5 Å². The molecule has 0 heterocycles. The normalized spacial score (nSPS) is 19.9. The third kappa shape index (κ3) is 4.38. The number of rotatable bonds is 5. The van der Waals surface area contributed by atoms with Gasteiger partial charge in [0.25, 0.3) is 0 Å². The molecule has 1 saturated carbocycles. The van der Waals surface area contributed by atoms with E-state index in [-0.39, 0.29) is 0 Å². The van der Waals surface area contributed by atoms with Crippen molar-refractivity contribution in [1.82, 2.24) is 0 Å². The molecule has 100 valence electrons. The van der Waals surface area contributed by atoms with Crippen molar-refractivity contribution in [2.75, 3.05) is 7.05 Å². The van der Waals surface area contributed by atoms with E-state index in [1.807, 2.05) is 0 Å². The lowest BCUT2D eigenvalue weighted by molar-refractivity contribution is 0.421. The summed E-state index contributed by atoms with van der Waals surface area (Å²) in [5.74, 6) is 0. The first-order valence-corrected chi connectivity index (χ1v) is 7.67. The summed E-state index contributed by atoms with van der Waals surface area (Å²) in [6.07, 6.45) is 7.39. The molecule has 0 saturated heterocycles. The fourth-order valence-corrected chi connectivity index (χ4v) is 2.44. The van der Waals surface area contributed by atoms with Gasteiger partial charge in [-0.15, -0.1) is 0 Å². The van der Waals surface area contributed by atoms with E-state index in [9.17, 15) is 0 Å². The molecule has 4 N–H and O–H groups in total. The maximum atomic E-state index is 5.67. The van der Waals surface area contributed by atoms with Crippen LogP contribution in [0.4, 0.5) is 0 Å². The van der Waals surface area contributed by atoms with Crippen molar-refractivity contribution in [2.45, 2.75) is 31.7 Å². The number of aliphatic imine (C=N–C) groups is 2. The molecule has 0 aromatic carbocycles. The molecule has 0 bridgehead atoms. The van der Waals surface area contributed by atoms with Gasteiger partial charge in [-0.05, 0) is 57.8 Å². The standard InChI is InChI=1S/C12H18BrIN4/c1-17-12(14)9(7-16)5-8(6-15)11(13)18-10-3-2-4-10/h6-7,10H,2-5,15-16H2,1H3. The van der Waals surface area contributed by atoms with Crippen molar-refractivity contribution >= 4 is 46.9 Å². The fourth-order valence-electron chi connectivity index (χ4n) is 1.51. The third-order valence-electron chi connectivity index (χ3n) is 2.88. The lowest BCUT2D eigenvalue weighted by Crippen LogP contribution is -2.17. The molecule has 0 atom stereocenters. The summed E-state index contributed by atoms with van der Waals surface area (Å²) in [6.45, 7) is 0. The summed E-state index contributed by atoms with van der Waals surface area (Å²) in [5.41, 5.74) is 13.2. The SMILES string of the molecule is CN=C(I)C(=CN)CC(=CN)C(Br)=NC1CCC1. The van der Waals surface area contributed by atoms with Gasteiger partial charge in [0, 0.05) is 37.0 Å². The van der Waals surface area contributed by atoms with Crippen LogP contribution in [0.2, 0.25) is 0 Å². The summed E-state index contributed by atoms with van der Waals surface area (Å²) >= 11 is 5.66. The van der Waals surface area contributed by atoms with E-state index in [1.54, 1.807) is 19.4 Å². The molecule has 18 heavy (non-hydrogen) atoms. The van der Waals surface area contributed by atoms with Gasteiger partial charge in [0.05, 0.1) is 9.76 Å². The Bertz CT molecular complexity index is 408. The monoisotopic (exact) mass is 424 g/mol. The highest BCUT2D eigenvalue weighted by Crippen LogP contribution is 2.25. The third-order valence-corrected chi connectivity index (χ3v) is 4.77. The second kappa shape index (κ2) is 7.93. The molecule has 0 aromatic rings. The molecule has 1 rings (SSSR count). The van der Waals surface area contributed by atoms with E-state index in [2.05, 4.69) is 48.5 Å². The van der Waals surface area contributed by atoms with Crippen molar-refractivity contribution in [1.29, 1.82) is 0 Å². The molecule has 4 nitrogen and oxygen atoms in total. The largest absolute Gasteiger partial charge is 0.404 e. The first kappa shape index (κ1) is 15.7. The second-order valence-electron chi connectivity index (χ2n) is 4.08. The van der Waals surface area contributed by atoms with E-state index in [0.717, 1.165) is 19.5 Å². The van der Waals surface area contributed by atoms with E-state index in [0.29, 0.717) is 12.5 Å². The van der Waals surface area contributed by atoms with Crippen molar-refractivity contribution < 1.29 is 0 Å². The van der Waals surface area contributed by atoms with Gasteiger partial charge in [-0.3, -0.25) is 9.98 Å². The average molecular weight is 425 g/mol. The Hall–Kier alpha value is -0.370. The molecule has 0 spiro atoms. The van der Waals surface area contributed by atoms with Crippen molar-refractivity contribution in [3.05, 3.63) is 23.5 Å². The van der Waals surface area contributed by atoms with Crippen molar-refractivity contribution in [2.24, 2.45) is 21.5 Å². The second-order valence-corrected chi connectivity index (χ2v) is 5.85. The number of nitrogens with two attached hydrogens (primary N) is 2. The van der Waals surface area contributed by atoms with Crippen molar-refractivity contribution in [3.8, 4) is 0 Å². The van der Waals surface area contributed by atoms with Crippen LogP contribution in [0.15, 0.2) is 33.5 Å². The summed E-state index contributed by atoms with van der Waals surface area (Å²) in [5, 5.41) is 0. The minimum Gasteiger partial charge on any atom is -0.404 e. The number of hydrogen-bond acceptors (Lipinski definition) is 4. The van der Waals surface area contributed by atoms with E-state index in [4.69, 9.17) is 11.5 Å². The Morgan fingerprint density at radius 1 is 1.33 bits per heavy atom.